The van der Waals surface area contributed by atoms with Crippen molar-refractivity contribution in [3.63, 3.8) is 0 Å². The molecule has 0 aromatic rings. The Balaban J connectivity index is 1.82. The molecule has 0 aromatic heterocycles. The highest BCUT2D eigenvalue weighted by Gasteiger charge is 2.26. The van der Waals surface area contributed by atoms with Crippen LogP contribution in [0.25, 0.3) is 0 Å². The summed E-state index contributed by atoms with van der Waals surface area (Å²) in [5.74, 6) is 2.16. The summed E-state index contributed by atoms with van der Waals surface area (Å²) in [5, 5.41) is 0. The van der Waals surface area contributed by atoms with Crippen LogP contribution in [0.1, 0.15) is 45.4 Å². The first-order valence-electron chi connectivity index (χ1n) is 7.17. The first-order chi connectivity index (χ1) is 8.18. The zero-order valence-electron chi connectivity index (χ0n) is 11.7. The second kappa shape index (κ2) is 5.74. The molecule has 3 heteroatoms. The first-order valence-corrected chi connectivity index (χ1v) is 7.17. The maximum atomic E-state index is 4.63. The Kier molecular flexibility index (Phi) is 4.30. The van der Waals surface area contributed by atoms with Gasteiger partial charge >= 0.3 is 0 Å². The van der Waals surface area contributed by atoms with E-state index in [0.717, 1.165) is 12.5 Å². The summed E-state index contributed by atoms with van der Waals surface area (Å²) in [7, 11) is 4.20. The standard InChI is InChI=1S/C14H27N3/c1-12-11-15-14(16(2)3)17(12)10-9-13-7-5-4-6-8-13/h12-13H,4-11H2,1-3H3. The van der Waals surface area contributed by atoms with Gasteiger partial charge in [0.25, 0.3) is 0 Å². The van der Waals surface area contributed by atoms with Gasteiger partial charge in [0.1, 0.15) is 0 Å². The lowest BCUT2D eigenvalue weighted by Crippen LogP contribution is -2.42. The lowest BCUT2D eigenvalue weighted by molar-refractivity contribution is 0.268. The van der Waals surface area contributed by atoms with Crippen molar-refractivity contribution >= 4 is 5.96 Å². The summed E-state index contributed by atoms with van der Waals surface area (Å²) in [6.45, 7) is 4.46. The molecular weight excluding hydrogens is 210 g/mol. The summed E-state index contributed by atoms with van der Waals surface area (Å²) in [4.78, 5) is 9.28. The van der Waals surface area contributed by atoms with Crippen LogP contribution in [0.2, 0.25) is 0 Å². The summed E-state index contributed by atoms with van der Waals surface area (Å²) < 4.78 is 0. The fourth-order valence-electron chi connectivity index (χ4n) is 3.12. The smallest absolute Gasteiger partial charge is 0.196 e. The molecule has 0 bridgehead atoms. The molecule has 98 valence electrons. The molecule has 1 unspecified atom stereocenters. The fraction of sp³-hybridized carbons (Fsp3) is 0.929. The lowest BCUT2D eigenvalue weighted by atomic mass is 9.87. The van der Waals surface area contributed by atoms with E-state index in [-0.39, 0.29) is 0 Å². The topological polar surface area (TPSA) is 18.8 Å². The number of rotatable bonds is 3. The SMILES string of the molecule is CC1CN=C(N(C)C)N1CCC1CCCCC1. The lowest BCUT2D eigenvalue weighted by Gasteiger charge is -2.31. The van der Waals surface area contributed by atoms with E-state index < -0.39 is 0 Å². The molecule has 1 heterocycles. The molecular formula is C14H27N3. The van der Waals surface area contributed by atoms with Gasteiger partial charge in [-0.3, -0.25) is 4.99 Å². The van der Waals surface area contributed by atoms with E-state index in [4.69, 9.17) is 0 Å². The third kappa shape index (κ3) is 3.14. The van der Waals surface area contributed by atoms with Crippen molar-refractivity contribution in [1.29, 1.82) is 0 Å². The van der Waals surface area contributed by atoms with Crippen molar-refractivity contribution < 1.29 is 0 Å². The van der Waals surface area contributed by atoms with E-state index in [1.165, 1.54) is 51.0 Å². The molecule has 0 spiro atoms. The fourth-order valence-corrected chi connectivity index (χ4v) is 3.12. The molecule has 2 aliphatic rings. The van der Waals surface area contributed by atoms with Crippen LogP contribution in [0.5, 0.6) is 0 Å². The van der Waals surface area contributed by atoms with Crippen LogP contribution < -0.4 is 0 Å². The molecule has 1 aliphatic carbocycles. The van der Waals surface area contributed by atoms with Crippen molar-refractivity contribution in [2.24, 2.45) is 10.9 Å². The van der Waals surface area contributed by atoms with Crippen LogP contribution in [0.15, 0.2) is 4.99 Å². The number of hydrogen-bond donors (Lipinski definition) is 0. The van der Waals surface area contributed by atoms with Gasteiger partial charge in [-0.2, -0.15) is 0 Å². The molecule has 0 radical (unpaired) electrons. The highest BCUT2D eigenvalue weighted by molar-refractivity contribution is 5.81. The summed E-state index contributed by atoms with van der Waals surface area (Å²) in [5.41, 5.74) is 0. The minimum atomic E-state index is 0.594. The normalized spacial score (nSPS) is 26.2. The van der Waals surface area contributed by atoms with Gasteiger partial charge < -0.3 is 9.80 Å². The van der Waals surface area contributed by atoms with Gasteiger partial charge in [-0.1, -0.05) is 32.1 Å². The summed E-state index contributed by atoms with van der Waals surface area (Å²) in [6, 6.07) is 0.594. The van der Waals surface area contributed by atoms with Gasteiger partial charge in [-0.15, -0.1) is 0 Å². The third-order valence-corrected chi connectivity index (χ3v) is 4.19. The average molecular weight is 237 g/mol. The van der Waals surface area contributed by atoms with Crippen molar-refractivity contribution in [2.75, 3.05) is 27.2 Å². The van der Waals surface area contributed by atoms with Gasteiger partial charge in [0.2, 0.25) is 0 Å². The van der Waals surface area contributed by atoms with Crippen LogP contribution in [0, 0.1) is 5.92 Å². The molecule has 17 heavy (non-hydrogen) atoms. The zero-order valence-corrected chi connectivity index (χ0v) is 11.7. The predicted molar refractivity (Wildman–Crippen MR) is 73.3 cm³/mol. The van der Waals surface area contributed by atoms with Gasteiger partial charge in [-0.05, 0) is 19.3 Å². The number of aliphatic imine (C=N–C) groups is 1. The maximum Gasteiger partial charge on any atom is 0.196 e. The van der Waals surface area contributed by atoms with Crippen LogP contribution >= 0.6 is 0 Å². The Morgan fingerprint density at radius 3 is 2.59 bits per heavy atom. The second-order valence-electron chi connectivity index (χ2n) is 5.87. The molecule has 0 aromatic carbocycles. The van der Waals surface area contributed by atoms with Crippen LogP contribution in [0.4, 0.5) is 0 Å². The second-order valence-corrected chi connectivity index (χ2v) is 5.87. The predicted octanol–water partition coefficient (Wildman–Crippen LogP) is 2.58. The minimum Gasteiger partial charge on any atom is -0.349 e. The van der Waals surface area contributed by atoms with Gasteiger partial charge in [0.05, 0.1) is 6.54 Å². The molecule has 0 saturated heterocycles. The Labute approximate surface area is 106 Å². The number of hydrogen-bond acceptors (Lipinski definition) is 3. The van der Waals surface area contributed by atoms with Crippen molar-refractivity contribution in [1.82, 2.24) is 9.80 Å². The number of guanidine groups is 1. The Morgan fingerprint density at radius 1 is 1.24 bits per heavy atom. The molecule has 2 rings (SSSR count). The molecule has 0 amide bonds. The van der Waals surface area contributed by atoms with Gasteiger partial charge in [-0.25, -0.2) is 0 Å². The maximum absolute atomic E-state index is 4.63. The summed E-state index contributed by atoms with van der Waals surface area (Å²) >= 11 is 0. The van der Waals surface area contributed by atoms with Crippen LogP contribution in [-0.2, 0) is 0 Å². The third-order valence-electron chi connectivity index (χ3n) is 4.19. The molecule has 1 fully saturated rings. The Morgan fingerprint density at radius 2 is 1.94 bits per heavy atom. The van der Waals surface area contributed by atoms with Gasteiger partial charge in [0.15, 0.2) is 5.96 Å². The summed E-state index contributed by atoms with van der Waals surface area (Å²) in [6.07, 6.45) is 8.63. The van der Waals surface area contributed by atoms with E-state index in [1.807, 2.05) is 0 Å². The molecule has 1 aliphatic heterocycles. The quantitative estimate of drug-likeness (QED) is 0.751. The van der Waals surface area contributed by atoms with E-state index in [0.29, 0.717) is 6.04 Å². The molecule has 0 N–H and O–H groups in total. The minimum absolute atomic E-state index is 0.594. The van der Waals surface area contributed by atoms with Crippen molar-refractivity contribution in [3.8, 4) is 0 Å². The van der Waals surface area contributed by atoms with Gasteiger partial charge in [0, 0.05) is 26.7 Å². The van der Waals surface area contributed by atoms with E-state index in [2.05, 4.69) is 35.8 Å². The van der Waals surface area contributed by atoms with E-state index in [9.17, 15) is 0 Å². The van der Waals surface area contributed by atoms with Crippen molar-refractivity contribution in [2.45, 2.75) is 51.5 Å². The molecule has 3 nitrogen and oxygen atoms in total. The monoisotopic (exact) mass is 237 g/mol. The molecule has 1 atom stereocenters. The number of nitrogens with zero attached hydrogens (tertiary/aromatic N) is 3. The van der Waals surface area contributed by atoms with E-state index in [1.54, 1.807) is 0 Å². The van der Waals surface area contributed by atoms with Crippen LogP contribution in [0.3, 0.4) is 0 Å². The Bertz CT molecular complexity index is 267. The highest BCUT2D eigenvalue weighted by Crippen LogP contribution is 2.27. The molecule has 1 saturated carbocycles. The Hall–Kier alpha value is -0.730. The van der Waals surface area contributed by atoms with Crippen molar-refractivity contribution in [3.05, 3.63) is 0 Å². The largest absolute Gasteiger partial charge is 0.349 e. The van der Waals surface area contributed by atoms with E-state index >= 15 is 0 Å². The highest BCUT2D eigenvalue weighted by atomic mass is 15.4. The first kappa shape index (κ1) is 12.7. The zero-order chi connectivity index (χ0) is 12.3. The average Bonchev–Trinajstić information content (AvgIpc) is 2.69. The van der Waals surface area contributed by atoms with Crippen LogP contribution in [-0.4, -0.2) is 49.0 Å².